The molecule has 0 fully saturated rings. The van der Waals surface area contributed by atoms with E-state index in [1.807, 2.05) is 0 Å². The molecule has 0 saturated carbocycles. The molecule has 0 bridgehead atoms. The number of esters is 1. The highest BCUT2D eigenvalue weighted by Gasteiger charge is 2.27. The third-order valence-corrected chi connectivity index (χ3v) is 5.41. The zero-order valence-corrected chi connectivity index (χ0v) is 17.0. The molecule has 0 aliphatic heterocycles. The molecule has 158 valence electrons. The molecule has 0 aliphatic carbocycles. The molecule has 0 unspecified atom stereocenters. The van der Waals surface area contributed by atoms with Gasteiger partial charge in [0.15, 0.2) is 11.5 Å². The van der Waals surface area contributed by atoms with Crippen molar-refractivity contribution >= 4 is 21.7 Å². The highest BCUT2D eigenvalue weighted by Crippen LogP contribution is 2.35. The Kier molecular flexibility index (Phi) is 6.82. The number of methoxy groups -OCH3 is 1. The van der Waals surface area contributed by atoms with Crippen molar-refractivity contribution in [3.8, 4) is 11.5 Å². The largest absolute Gasteiger partial charge is 0.493 e. The molecule has 0 radical (unpaired) electrons. The molecule has 0 spiro atoms. The number of ether oxygens (including phenoxy) is 3. The van der Waals surface area contributed by atoms with Crippen LogP contribution in [0, 0.1) is 10.1 Å². The van der Waals surface area contributed by atoms with Crippen molar-refractivity contribution in [2.75, 3.05) is 27.8 Å². The van der Waals surface area contributed by atoms with Crippen LogP contribution in [-0.2, 0) is 21.4 Å². The van der Waals surface area contributed by atoms with E-state index in [-0.39, 0.29) is 34.5 Å². The SMILES string of the molecule is CCOc1cc(C(=O)OCc2ccc(S(=O)(=O)N(C)C)o2)c([N+](=O)[O-])cc1OC. The average Bonchev–Trinajstić information content (AvgIpc) is 3.15. The first-order valence-corrected chi connectivity index (χ1v) is 9.73. The Hall–Kier alpha value is -3.12. The van der Waals surface area contributed by atoms with Gasteiger partial charge in [-0.05, 0) is 19.1 Å². The Labute approximate surface area is 167 Å². The van der Waals surface area contributed by atoms with Gasteiger partial charge in [0, 0.05) is 20.2 Å². The van der Waals surface area contributed by atoms with E-state index in [4.69, 9.17) is 18.6 Å². The van der Waals surface area contributed by atoms with Gasteiger partial charge in [0.05, 0.1) is 24.7 Å². The fourth-order valence-corrected chi connectivity index (χ4v) is 3.07. The highest BCUT2D eigenvalue weighted by atomic mass is 32.2. The van der Waals surface area contributed by atoms with Crippen LogP contribution in [-0.4, -0.2) is 51.4 Å². The molecule has 0 saturated heterocycles. The van der Waals surface area contributed by atoms with Crippen molar-refractivity contribution in [1.82, 2.24) is 4.31 Å². The first-order chi connectivity index (χ1) is 13.6. The van der Waals surface area contributed by atoms with E-state index >= 15 is 0 Å². The number of carbonyl (C=O) groups is 1. The van der Waals surface area contributed by atoms with Crippen LogP contribution in [0.15, 0.2) is 33.8 Å². The van der Waals surface area contributed by atoms with Gasteiger partial charge < -0.3 is 18.6 Å². The molecule has 2 rings (SSSR count). The minimum Gasteiger partial charge on any atom is -0.493 e. The van der Waals surface area contributed by atoms with Crippen molar-refractivity contribution in [2.24, 2.45) is 0 Å². The molecular weight excluding hydrogens is 408 g/mol. The Morgan fingerprint density at radius 2 is 1.93 bits per heavy atom. The summed E-state index contributed by atoms with van der Waals surface area (Å²) in [6.07, 6.45) is 0. The van der Waals surface area contributed by atoms with Gasteiger partial charge in [0.2, 0.25) is 5.09 Å². The molecule has 11 nitrogen and oxygen atoms in total. The number of nitro groups is 1. The molecule has 1 aromatic heterocycles. The van der Waals surface area contributed by atoms with Crippen LogP contribution in [0.4, 0.5) is 5.69 Å². The van der Waals surface area contributed by atoms with E-state index < -0.39 is 33.2 Å². The van der Waals surface area contributed by atoms with Crippen LogP contribution in [0.25, 0.3) is 0 Å². The van der Waals surface area contributed by atoms with E-state index in [9.17, 15) is 23.3 Å². The Bertz CT molecular complexity index is 1010. The first kappa shape index (κ1) is 22.2. The van der Waals surface area contributed by atoms with E-state index in [1.54, 1.807) is 6.92 Å². The molecule has 0 aliphatic rings. The lowest BCUT2D eigenvalue weighted by atomic mass is 10.1. The summed E-state index contributed by atoms with van der Waals surface area (Å²) >= 11 is 0. The summed E-state index contributed by atoms with van der Waals surface area (Å²) in [5.74, 6) is -0.710. The highest BCUT2D eigenvalue weighted by molar-refractivity contribution is 7.88. The normalized spacial score (nSPS) is 11.3. The summed E-state index contributed by atoms with van der Waals surface area (Å²) in [6, 6.07) is 4.78. The topological polar surface area (TPSA) is 138 Å². The second kappa shape index (κ2) is 8.92. The number of nitrogens with zero attached hydrogens (tertiary/aromatic N) is 2. The summed E-state index contributed by atoms with van der Waals surface area (Å²) in [5.41, 5.74) is -0.863. The quantitative estimate of drug-likeness (QED) is 0.334. The van der Waals surface area contributed by atoms with E-state index in [0.29, 0.717) is 0 Å². The lowest BCUT2D eigenvalue weighted by molar-refractivity contribution is -0.385. The maximum Gasteiger partial charge on any atom is 0.345 e. The molecular formula is C17H20N2O9S. The number of nitro benzene ring substituents is 1. The van der Waals surface area contributed by atoms with Crippen molar-refractivity contribution in [3.05, 3.63) is 45.7 Å². The average molecular weight is 428 g/mol. The minimum atomic E-state index is -3.78. The van der Waals surface area contributed by atoms with Gasteiger partial charge in [-0.25, -0.2) is 17.5 Å². The van der Waals surface area contributed by atoms with Gasteiger partial charge in [0.1, 0.15) is 17.9 Å². The van der Waals surface area contributed by atoms with E-state index in [1.165, 1.54) is 33.3 Å². The van der Waals surface area contributed by atoms with Gasteiger partial charge in [-0.3, -0.25) is 10.1 Å². The molecule has 0 amide bonds. The van der Waals surface area contributed by atoms with Gasteiger partial charge >= 0.3 is 5.97 Å². The summed E-state index contributed by atoms with van der Waals surface area (Å²) in [4.78, 5) is 23.0. The third kappa shape index (κ3) is 4.84. The Morgan fingerprint density at radius 3 is 2.48 bits per heavy atom. The number of carbonyl (C=O) groups excluding carboxylic acids is 1. The number of furan rings is 1. The fourth-order valence-electron chi connectivity index (χ4n) is 2.26. The first-order valence-electron chi connectivity index (χ1n) is 8.29. The molecule has 0 N–H and O–H groups in total. The predicted molar refractivity (Wildman–Crippen MR) is 99.5 cm³/mol. The molecule has 0 atom stereocenters. The minimum absolute atomic E-state index is 0.0555. The molecule has 2 aromatic rings. The lowest BCUT2D eigenvalue weighted by Crippen LogP contribution is -2.21. The smallest absolute Gasteiger partial charge is 0.345 e. The van der Waals surface area contributed by atoms with Crippen LogP contribution in [0.2, 0.25) is 0 Å². The monoisotopic (exact) mass is 428 g/mol. The number of sulfonamides is 1. The van der Waals surface area contributed by atoms with Crippen LogP contribution in [0.3, 0.4) is 0 Å². The van der Waals surface area contributed by atoms with Crippen molar-refractivity contribution in [3.63, 3.8) is 0 Å². The van der Waals surface area contributed by atoms with Gasteiger partial charge in [0.25, 0.3) is 15.7 Å². The van der Waals surface area contributed by atoms with Crippen molar-refractivity contribution in [2.45, 2.75) is 18.6 Å². The summed E-state index contributed by atoms with van der Waals surface area (Å²) in [7, 11) is 0.225. The molecule has 1 aromatic carbocycles. The zero-order chi connectivity index (χ0) is 21.8. The van der Waals surface area contributed by atoms with Crippen LogP contribution in [0.1, 0.15) is 23.0 Å². The lowest BCUT2D eigenvalue weighted by Gasteiger charge is -2.11. The van der Waals surface area contributed by atoms with Crippen LogP contribution < -0.4 is 9.47 Å². The van der Waals surface area contributed by atoms with Gasteiger partial charge in [-0.1, -0.05) is 0 Å². The predicted octanol–water partition coefficient (Wildman–Crippen LogP) is 2.20. The van der Waals surface area contributed by atoms with Gasteiger partial charge in [-0.2, -0.15) is 0 Å². The van der Waals surface area contributed by atoms with E-state index in [2.05, 4.69) is 0 Å². The maximum absolute atomic E-state index is 12.4. The summed E-state index contributed by atoms with van der Waals surface area (Å²) < 4.78 is 45.6. The Morgan fingerprint density at radius 1 is 1.24 bits per heavy atom. The van der Waals surface area contributed by atoms with Crippen molar-refractivity contribution < 1.29 is 36.8 Å². The van der Waals surface area contributed by atoms with Crippen LogP contribution >= 0.6 is 0 Å². The van der Waals surface area contributed by atoms with Crippen molar-refractivity contribution in [1.29, 1.82) is 0 Å². The second-order valence-corrected chi connectivity index (χ2v) is 7.88. The molecule has 1 heterocycles. The summed E-state index contributed by atoms with van der Waals surface area (Å²) in [6.45, 7) is 1.53. The third-order valence-electron chi connectivity index (χ3n) is 3.72. The molecule has 29 heavy (non-hydrogen) atoms. The summed E-state index contributed by atoms with van der Waals surface area (Å²) in [5, 5.41) is 11.0. The van der Waals surface area contributed by atoms with E-state index in [0.717, 1.165) is 16.4 Å². The second-order valence-electron chi connectivity index (χ2n) is 5.79. The zero-order valence-electron chi connectivity index (χ0n) is 16.2. The number of benzene rings is 1. The maximum atomic E-state index is 12.4. The van der Waals surface area contributed by atoms with Gasteiger partial charge in [-0.15, -0.1) is 0 Å². The standard InChI is InChI=1S/C17H20N2O9S/c1-5-26-15-8-12(13(19(21)22)9-14(15)25-4)17(20)27-10-11-6-7-16(28-11)29(23,24)18(2)3/h6-9H,5,10H2,1-4H3. The fraction of sp³-hybridized carbons (Fsp3) is 0.353. The number of hydrogen-bond acceptors (Lipinski definition) is 9. The molecule has 12 heteroatoms. The number of rotatable bonds is 9. The Balaban J connectivity index is 2.26. The van der Waals surface area contributed by atoms with Crippen LogP contribution in [0.5, 0.6) is 11.5 Å². The number of hydrogen-bond donors (Lipinski definition) is 0.